The Morgan fingerprint density at radius 3 is 2.06 bits per heavy atom. The van der Waals surface area contributed by atoms with Crippen molar-refractivity contribution in [2.45, 2.75) is 39.7 Å². The van der Waals surface area contributed by atoms with Crippen molar-refractivity contribution in [2.75, 3.05) is 34.4 Å². The molecule has 2 atom stereocenters. The second-order valence-electron chi connectivity index (χ2n) is 4.85. The topological polar surface area (TPSA) is 45.1 Å². The van der Waals surface area contributed by atoms with Crippen molar-refractivity contribution in [3.05, 3.63) is 0 Å². The zero-order chi connectivity index (χ0) is 14.3. The van der Waals surface area contributed by atoms with E-state index in [0.29, 0.717) is 12.1 Å². The number of rotatable bonds is 6. The summed E-state index contributed by atoms with van der Waals surface area (Å²) < 4.78 is 22.6. The molecule has 0 saturated carbocycles. The molecular weight excluding hydrogens is 249 g/mol. The highest BCUT2D eigenvalue weighted by molar-refractivity contribution is 7.57. The molecule has 2 unspecified atom stereocenters. The smallest absolute Gasteiger partial charge is 0.317 e. The van der Waals surface area contributed by atoms with Crippen molar-refractivity contribution in [1.29, 1.82) is 0 Å². The van der Waals surface area contributed by atoms with Gasteiger partial charge in [-0.25, -0.2) is 0 Å². The van der Waals surface area contributed by atoms with Crippen LogP contribution in [0.25, 0.3) is 0 Å². The van der Waals surface area contributed by atoms with E-state index in [4.69, 9.17) is 4.52 Å². The molecule has 0 radical (unpaired) electrons. The third-order valence-corrected chi connectivity index (χ3v) is 4.45. The molecule has 18 heavy (non-hydrogen) atoms. The largest absolute Gasteiger partial charge is 0.349 e. The van der Waals surface area contributed by atoms with Crippen LogP contribution in [0, 0.1) is 0 Å². The molecule has 0 spiro atoms. The van der Waals surface area contributed by atoms with Gasteiger partial charge in [0.2, 0.25) is 5.96 Å². The summed E-state index contributed by atoms with van der Waals surface area (Å²) in [6, 6.07) is 0. The van der Waals surface area contributed by atoms with E-state index < -0.39 is 7.52 Å². The highest BCUT2D eigenvalue weighted by atomic mass is 31.2. The lowest BCUT2D eigenvalue weighted by molar-refractivity contribution is 0.212. The second-order valence-corrected chi connectivity index (χ2v) is 7.17. The molecule has 0 saturated heterocycles. The quantitative estimate of drug-likeness (QED) is 0.425. The van der Waals surface area contributed by atoms with Crippen molar-refractivity contribution in [2.24, 2.45) is 4.76 Å². The van der Waals surface area contributed by atoms with Gasteiger partial charge in [0.1, 0.15) is 0 Å². The first-order valence-corrected chi connectivity index (χ1v) is 8.24. The minimum Gasteiger partial charge on any atom is -0.349 e. The molecule has 0 rings (SSSR count). The van der Waals surface area contributed by atoms with Crippen LogP contribution in [0.5, 0.6) is 0 Å². The molecule has 0 aliphatic rings. The Hall–Kier alpha value is -0.540. The van der Waals surface area contributed by atoms with Gasteiger partial charge in [0.25, 0.3) is 0 Å². The van der Waals surface area contributed by atoms with E-state index >= 15 is 0 Å². The predicted octanol–water partition coefficient (Wildman–Crippen LogP) is 2.88. The molecule has 0 aliphatic carbocycles. The monoisotopic (exact) mass is 277 g/mol. The van der Waals surface area contributed by atoms with Gasteiger partial charge in [-0.2, -0.15) is 4.76 Å². The second kappa shape index (κ2) is 7.80. The molecule has 0 aromatic carbocycles. The molecule has 0 aromatic heterocycles. The van der Waals surface area contributed by atoms with Gasteiger partial charge in [-0.3, -0.25) is 4.57 Å². The maximum Gasteiger partial charge on any atom is 0.317 e. The van der Waals surface area contributed by atoms with Crippen LogP contribution in [-0.4, -0.2) is 56.2 Å². The van der Waals surface area contributed by atoms with Crippen LogP contribution in [0.3, 0.4) is 0 Å². The number of hydrogen-bond donors (Lipinski definition) is 0. The molecule has 0 fully saturated rings. The minimum atomic E-state index is -2.95. The molecule has 6 heteroatoms. The van der Waals surface area contributed by atoms with Crippen LogP contribution >= 0.6 is 7.52 Å². The van der Waals surface area contributed by atoms with Crippen molar-refractivity contribution in [3.63, 3.8) is 0 Å². The van der Waals surface area contributed by atoms with E-state index in [2.05, 4.69) is 11.7 Å². The Balaban J connectivity index is 5.03. The van der Waals surface area contributed by atoms with E-state index in [9.17, 15) is 4.57 Å². The van der Waals surface area contributed by atoms with Crippen LogP contribution in [0.4, 0.5) is 0 Å². The summed E-state index contributed by atoms with van der Waals surface area (Å²) in [4.78, 5) is 3.69. The summed E-state index contributed by atoms with van der Waals surface area (Å²) in [7, 11) is 4.59. The van der Waals surface area contributed by atoms with Crippen LogP contribution in [0.1, 0.15) is 33.6 Å². The molecular formula is C12H28N3O2P. The highest BCUT2D eigenvalue weighted by Crippen LogP contribution is 2.50. The fourth-order valence-corrected chi connectivity index (χ4v) is 3.26. The SMILES string of the molecule is CCCC(C)OP(=O)(CC)N=C(N(C)C)N(C)C. The van der Waals surface area contributed by atoms with Gasteiger partial charge < -0.3 is 14.3 Å². The number of hydrogen-bond acceptors (Lipinski definition) is 2. The number of nitrogens with zero attached hydrogens (tertiary/aromatic N) is 3. The van der Waals surface area contributed by atoms with Gasteiger partial charge in [-0.05, 0) is 13.3 Å². The zero-order valence-electron chi connectivity index (χ0n) is 12.8. The molecule has 0 aliphatic heterocycles. The summed E-state index contributed by atoms with van der Waals surface area (Å²) in [5.74, 6) is 0.670. The summed E-state index contributed by atoms with van der Waals surface area (Å²) >= 11 is 0. The first-order valence-electron chi connectivity index (χ1n) is 6.48. The Bertz CT molecular complexity index is 306. The Morgan fingerprint density at radius 1 is 1.22 bits per heavy atom. The first kappa shape index (κ1) is 17.5. The lowest BCUT2D eigenvalue weighted by atomic mass is 10.2. The molecule has 0 N–H and O–H groups in total. The molecule has 0 bridgehead atoms. The molecule has 0 aromatic rings. The Kier molecular flexibility index (Phi) is 7.56. The van der Waals surface area contributed by atoms with E-state index in [1.54, 1.807) is 0 Å². The van der Waals surface area contributed by atoms with Crippen molar-refractivity contribution < 1.29 is 9.09 Å². The zero-order valence-corrected chi connectivity index (χ0v) is 13.7. The molecule has 0 heterocycles. The average Bonchev–Trinajstić information content (AvgIpc) is 2.25. The van der Waals surface area contributed by atoms with Crippen LogP contribution < -0.4 is 0 Å². The highest BCUT2D eigenvalue weighted by Gasteiger charge is 2.24. The minimum absolute atomic E-state index is 0.0184. The van der Waals surface area contributed by atoms with Gasteiger partial charge in [0.05, 0.1) is 6.10 Å². The maximum absolute atomic E-state index is 12.6. The maximum atomic E-state index is 12.6. The van der Waals surface area contributed by atoms with Gasteiger partial charge in [-0.1, -0.05) is 20.3 Å². The Labute approximate surface area is 112 Å². The average molecular weight is 277 g/mol. The summed E-state index contributed by atoms with van der Waals surface area (Å²) in [5.41, 5.74) is 0. The fraction of sp³-hybridized carbons (Fsp3) is 0.917. The number of guanidine groups is 1. The van der Waals surface area contributed by atoms with E-state index in [1.807, 2.05) is 51.8 Å². The van der Waals surface area contributed by atoms with Gasteiger partial charge in [0.15, 0.2) is 0 Å². The first-order chi connectivity index (χ1) is 8.25. The van der Waals surface area contributed by atoms with Gasteiger partial charge in [0, 0.05) is 34.4 Å². The van der Waals surface area contributed by atoms with Crippen LogP contribution in [0.2, 0.25) is 0 Å². The fourth-order valence-electron chi connectivity index (χ4n) is 1.62. The van der Waals surface area contributed by atoms with E-state index in [-0.39, 0.29) is 6.10 Å². The van der Waals surface area contributed by atoms with E-state index in [1.165, 1.54) is 0 Å². The molecule has 0 amide bonds. The normalized spacial score (nSPS) is 15.7. The van der Waals surface area contributed by atoms with Crippen molar-refractivity contribution >= 4 is 13.5 Å². The van der Waals surface area contributed by atoms with Crippen molar-refractivity contribution in [3.8, 4) is 0 Å². The molecule has 108 valence electrons. The van der Waals surface area contributed by atoms with Crippen molar-refractivity contribution in [1.82, 2.24) is 9.80 Å². The van der Waals surface area contributed by atoms with Gasteiger partial charge >= 0.3 is 7.52 Å². The van der Waals surface area contributed by atoms with E-state index in [0.717, 1.165) is 12.8 Å². The summed E-state index contributed by atoms with van der Waals surface area (Å²) in [6.45, 7) is 5.89. The third kappa shape index (κ3) is 5.87. The third-order valence-electron chi connectivity index (χ3n) is 2.48. The standard InChI is InChI=1S/C12H28N3O2P/c1-8-10-11(3)17-18(16,9-2)13-12(14(4)5)15(6)7/h11H,8-10H2,1-7H3. The summed E-state index contributed by atoms with van der Waals surface area (Å²) in [6.07, 6.45) is 2.32. The lowest BCUT2D eigenvalue weighted by Gasteiger charge is -2.25. The van der Waals surface area contributed by atoms with Crippen LogP contribution in [-0.2, 0) is 9.09 Å². The van der Waals surface area contributed by atoms with Crippen LogP contribution in [0.15, 0.2) is 4.76 Å². The Morgan fingerprint density at radius 2 is 1.72 bits per heavy atom. The van der Waals surface area contributed by atoms with Gasteiger partial charge in [-0.15, -0.1) is 0 Å². The summed E-state index contributed by atoms with van der Waals surface area (Å²) in [5, 5.41) is 0. The predicted molar refractivity (Wildman–Crippen MR) is 78.4 cm³/mol. The molecule has 5 nitrogen and oxygen atoms in total. The lowest BCUT2D eigenvalue weighted by Crippen LogP contribution is -2.35.